The molecule has 1 aliphatic rings. The third kappa shape index (κ3) is 3.80. The molecule has 0 radical (unpaired) electrons. The number of nitrogens with zero attached hydrogens (tertiary/aromatic N) is 2. The molecule has 1 amide bonds. The molecule has 0 aromatic heterocycles. The first-order valence-corrected chi connectivity index (χ1v) is 5.63. The molecule has 1 rings (SSSR count). The average Bonchev–Trinajstić information content (AvgIpc) is 2.51. The molecule has 88 valence electrons. The maximum absolute atomic E-state index is 11.6. The van der Waals surface area contributed by atoms with E-state index in [0.717, 1.165) is 25.8 Å². The topological polar surface area (TPSA) is 43.8 Å². The van der Waals surface area contributed by atoms with Gasteiger partial charge in [0.1, 0.15) is 0 Å². The molecule has 15 heavy (non-hydrogen) atoms. The van der Waals surface area contributed by atoms with Gasteiger partial charge in [-0.2, -0.15) is 0 Å². The Hall–Kier alpha value is -0.610. The summed E-state index contributed by atoms with van der Waals surface area (Å²) in [5.74, 6) is 0.146. The van der Waals surface area contributed by atoms with Crippen LogP contribution in [0.15, 0.2) is 0 Å². The van der Waals surface area contributed by atoms with Gasteiger partial charge in [-0.25, -0.2) is 0 Å². The highest BCUT2D eigenvalue weighted by atomic mass is 16.3. The van der Waals surface area contributed by atoms with E-state index < -0.39 is 0 Å². The van der Waals surface area contributed by atoms with Crippen LogP contribution < -0.4 is 0 Å². The van der Waals surface area contributed by atoms with E-state index in [0.29, 0.717) is 12.6 Å². The van der Waals surface area contributed by atoms with Crippen LogP contribution in [0.3, 0.4) is 0 Å². The van der Waals surface area contributed by atoms with Crippen molar-refractivity contribution in [2.75, 3.05) is 27.2 Å². The number of aliphatic hydroxyl groups is 1. The van der Waals surface area contributed by atoms with Gasteiger partial charge in [0.15, 0.2) is 0 Å². The molecule has 1 heterocycles. The second kappa shape index (κ2) is 5.47. The summed E-state index contributed by atoms with van der Waals surface area (Å²) in [5.41, 5.74) is 0. The van der Waals surface area contributed by atoms with Crippen molar-refractivity contribution >= 4 is 5.91 Å². The van der Waals surface area contributed by atoms with Gasteiger partial charge in [-0.1, -0.05) is 0 Å². The van der Waals surface area contributed by atoms with E-state index in [9.17, 15) is 9.90 Å². The summed E-state index contributed by atoms with van der Waals surface area (Å²) in [5, 5.41) is 9.35. The highest BCUT2D eigenvalue weighted by Crippen LogP contribution is 2.20. The molecule has 2 unspecified atom stereocenters. The molecule has 0 spiro atoms. The van der Waals surface area contributed by atoms with E-state index in [2.05, 4.69) is 4.90 Å². The van der Waals surface area contributed by atoms with Gasteiger partial charge in [0.05, 0.1) is 12.6 Å². The lowest BCUT2D eigenvalue weighted by molar-refractivity contribution is -0.130. The van der Waals surface area contributed by atoms with Crippen LogP contribution in [-0.4, -0.2) is 60.1 Å². The highest BCUT2D eigenvalue weighted by Gasteiger charge is 2.27. The highest BCUT2D eigenvalue weighted by molar-refractivity contribution is 5.77. The number of hydrogen-bond donors (Lipinski definition) is 1. The molecule has 1 fully saturated rings. The fraction of sp³-hybridized carbons (Fsp3) is 0.909. The fourth-order valence-electron chi connectivity index (χ4n) is 2.08. The first-order chi connectivity index (χ1) is 7.00. The molecular weight excluding hydrogens is 192 g/mol. The molecule has 0 bridgehead atoms. The third-order valence-electron chi connectivity index (χ3n) is 2.95. The second-order valence-electron chi connectivity index (χ2n) is 4.64. The van der Waals surface area contributed by atoms with Crippen molar-refractivity contribution in [1.29, 1.82) is 0 Å². The van der Waals surface area contributed by atoms with E-state index in [1.165, 1.54) is 0 Å². The van der Waals surface area contributed by atoms with E-state index in [-0.39, 0.29) is 12.0 Å². The minimum absolute atomic E-state index is 0.146. The molecule has 0 saturated carbocycles. The van der Waals surface area contributed by atoms with Gasteiger partial charge in [0.25, 0.3) is 0 Å². The van der Waals surface area contributed by atoms with E-state index in [1.807, 2.05) is 6.92 Å². The number of carbonyl (C=O) groups excluding carboxylic acids is 1. The van der Waals surface area contributed by atoms with Crippen molar-refractivity contribution in [3.63, 3.8) is 0 Å². The lowest BCUT2D eigenvalue weighted by Gasteiger charge is -2.26. The number of amides is 1. The average molecular weight is 214 g/mol. The number of likely N-dealkylation sites (tertiary alicyclic amines) is 1. The van der Waals surface area contributed by atoms with Crippen LogP contribution in [0, 0.1) is 0 Å². The fourth-order valence-corrected chi connectivity index (χ4v) is 2.08. The van der Waals surface area contributed by atoms with Crippen molar-refractivity contribution in [2.45, 2.75) is 38.3 Å². The van der Waals surface area contributed by atoms with Crippen molar-refractivity contribution in [2.24, 2.45) is 0 Å². The summed E-state index contributed by atoms with van der Waals surface area (Å²) in [6.07, 6.45) is 2.75. The molecule has 0 aromatic carbocycles. The number of carbonyl (C=O) groups is 1. The van der Waals surface area contributed by atoms with Crippen LogP contribution in [0.2, 0.25) is 0 Å². The summed E-state index contributed by atoms with van der Waals surface area (Å²) in [4.78, 5) is 15.4. The van der Waals surface area contributed by atoms with Gasteiger partial charge in [-0.3, -0.25) is 9.69 Å². The zero-order chi connectivity index (χ0) is 11.4. The first-order valence-electron chi connectivity index (χ1n) is 5.63. The van der Waals surface area contributed by atoms with Crippen LogP contribution in [0.5, 0.6) is 0 Å². The summed E-state index contributed by atoms with van der Waals surface area (Å²) in [7, 11) is 3.56. The van der Waals surface area contributed by atoms with E-state index in [1.54, 1.807) is 19.0 Å². The van der Waals surface area contributed by atoms with Gasteiger partial charge in [-0.15, -0.1) is 0 Å². The smallest absolute Gasteiger partial charge is 0.236 e. The third-order valence-corrected chi connectivity index (χ3v) is 2.95. The Morgan fingerprint density at radius 3 is 2.80 bits per heavy atom. The molecule has 1 saturated heterocycles. The van der Waals surface area contributed by atoms with Crippen LogP contribution in [0.25, 0.3) is 0 Å². The normalized spacial score (nSPS) is 24.1. The largest absolute Gasteiger partial charge is 0.393 e. The Morgan fingerprint density at radius 2 is 2.27 bits per heavy atom. The van der Waals surface area contributed by atoms with E-state index in [4.69, 9.17) is 0 Å². The number of likely N-dealkylation sites (N-methyl/N-ethyl adjacent to an activating group) is 1. The van der Waals surface area contributed by atoms with Crippen LogP contribution in [0.1, 0.15) is 26.2 Å². The van der Waals surface area contributed by atoms with Crippen molar-refractivity contribution in [1.82, 2.24) is 9.80 Å². The lowest BCUT2D eigenvalue weighted by Crippen LogP contribution is -2.40. The molecule has 0 aromatic rings. The van der Waals surface area contributed by atoms with Gasteiger partial charge < -0.3 is 10.0 Å². The zero-order valence-electron chi connectivity index (χ0n) is 9.94. The number of rotatable bonds is 4. The maximum Gasteiger partial charge on any atom is 0.236 e. The van der Waals surface area contributed by atoms with E-state index >= 15 is 0 Å². The Kier molecular flexibility index (Phi) is 4.54. The van der Waals surface area contributed by atoms with Gasteiger partial charge >= 0.3 is 0 Å². The molecule has 1 N–H and O–H groups in total. The van der Waals surface area contributed by atoms with Crippen molar-refractivity contribution in [3.8, 4) is 0 Å². The molecule has 4 heteroatoms. The predicted molar refractivity (Wildman–Crippen MR) is 59.6 cm³/mol. The molecule has 1 aliphatic heterocycles. The van der Waals surface area contributed by atoms with Crippen LogP contribution in [0.4, 0.5) is 0 Å². The van der Waals surface area contributed by atoms with Gasteiger partial charge in [0.2, 0.25) is 5.91 Å². The molecule has 2 atom stereocenters. The first kappa shape index (κ1) is 12.5. The Balaban J connectivity index is 2.42. The van der Waals surface area contributed by atoms with Gasteiger partial charge in [0, 0.05) is 20.1 Å². The quantitative estimate of drug-likeness (QED) is 0.732. The SMILES string of the molecule is CC(O)CC1CCCN1CC(=O)N(C)C. The monoisotopic (exact) mass is 214 g/mol. The van der Waals surface area contributed by atoms with Gasteiger partial charge in [-0.05, 0) is 32.7 Å². The summed E-state index contributed by atoms with van der Waals surface area (Å²) < 4.78 is 0. The summed E-state index contributed by atoms with van der Waals surface area (Å²) in [6, 6.07) is 0.383. The Bertz CT molecular complexity index is 217. The second-order valence-corrected chi connectivity index (χ2v) is 4.64. The summed E-state index contributed by atoms with van der Waals surface area (Å²) >= 11 is 0. The Labute approximate surface area is 91.9 Å². The van der Waals surface area contributed by atoms with Crippen LogP contribution in [-0.2, 0) is 4.79 Å². The predicted octanol–water partition coefficient (Wildman–Crippen LogP) is 0.310. The standard InChI is InChI=1S/C11H22N2O2/c1-9(14)7-10-5-4-6-13(10)8-11(15)12(2)3/h9-10,14H,4-8H2,1-3H3. The Morgan fingerprint density at radius 1 is 1.60 bits per heavy atom. The zero-order valence-corrected chi connectivity index (χ0v) is 9.94. The molecular formula is C11H22N2O2. The maximum atomic E-state index is 11.6. The molecule has 4 nitrogen and oxygen atoms in total. The summed E-state index contributed by atoms with van der Waals surface area (Å²) in [6.45, 7) is 3.28. The number of aliphatic hydroxyl groups excluding tert-OH is 1. The van der Waals surface area contributed by atoms with Crippen LogP contribution >= 0.6 is 0 Å². The lowest BCUT2D eigenvalue weighted by atomic mass is 10.1. The van der Waals surface area contributed by atoms with Crippen molar-refractivity contribution in [3.05, 3.63) is 0 Å². The minimum atomic E-state index is -0.273. The minimum Gasteiger partial charge on any atom is -0.393 e. The number of hydrogen-bond acceptors (Lipinski definition) is 3. The van der Waals surface area contributed by atoms with Crippen molar-refractivity contribution < 1.29 is 9.90 Å². The molecule has 0 aliphatic carbocycles.